The maximum absolute atomic E-state index is 14.7. The van der Waals surface area contributed by atoms with Crippen molar-refractivity contribution in [1.82, 2.24) is 9.99 Å². The maximum Gasteiger partial charge on any atom is 0.273 e. The molecule has 1 aliphatic carbocycles. The second-order valence-electron chi connectivity index (χ2n) is 9.49. The number of nitrogens with one attached hydrogen (secondary N) is 1. The lowest BCUT2D eigenvalue weighted by molar-refractivity contribution is -0.113. The summed E-state index contributed by atoms with van der Waals surface area (Å²) in [4.78, 5) is 17.3. The average molecular weight is 480 g/mol. The van der Waals surface area contributed by atoms with E-state index in [4.69, 9.17) is 11.6 Å². The van der Waals surface area contributed by atoms with Gasteiger partial charge < -0.3 is 16.1 Å². The highest BCUT2D eigenvalue weighted by Crippen LogP contribution is 2.44. The van der Waals surface area contributed by atoms with Crippen molar-refractivity contribution in [3.05, 3.63) is 59.7 Å². The Kier molecular flexibility index (Phi) is 7.21. The van der Waals surface area contributed by atoms with Crippen molar-refractivity contribution < 1.29 is 22.4 Å². The van der Waals surface area contributed by atoms with E-state index in [1.807, 2.05) is 20.8 Å². The number of benzene rings is 1. The highest BCUT2D eigenvalue weighted by atomic mass is 19.3. The highest BCUT2D eigenvalue weighted by Gasteiger charge is 2.37. The van der Waals surface area contributed by atoms with E-state index in [2.05, 4.69) is 10.3 Å². The third kappa shape index (κ3) is 5.85. The SMILES string of the molecule is CC(C)(C)N(N)/C=C(\N)C(=O)Nc1c(-c2cc(F)ccc2F)ccnc1C1CCC(F)(F)CC1. The Labute approximate surface area is 196 Å². The van der Waals surface area contributed by atoms with Gasteiger partial charge in [-0.05, 0) is 57.9 Å². The molecule has 0 radical (unpaired) electrons. The molecular weight excluding hydrogens is 450 g/mol. The largest absolute Gasteiger partial charge is 0.393 e. The normalized spacial score (nSPS) is 16.9. The Morgan fingerprint density at radius 1 is 1.18 bits per heavy atom. The molecule has 0 aliphatic heterocycles. The van der Waals surface area contributed by atoms with Crippen molar-refractivity contribution in [2.75, 3.05) is 5.32 Å². The van der Waals surface area contributed by atoms with E-state index < -0.39 is 34.9 Å². The summed E-state index contributed by atoms with van der Waals surface area (Å²) < 4.78 is 56.1. The van der Waals surface area contributed by atoms with Crippen molar-refractivity contribution in [3.8, 4) is 11.1 Å². The van der Waals surface area contributed by atoms with Crippen LogP contribution in [0.4, 0.5) is 23.2 Å². The second-order valence-corrected chi connectivity index (χ2v) is 9.49. The Hall–Kier alpha value is -3.14. The first-order valence-electron chi connectivity index (χ1n) is 10.9. The summed E-state index contributed by atoms with van der Waals surface area (Å²) in [5.41, 5.74) is 5.68. The number of alkyl halides is 2. The molecule has 1 aliphatic rings. The zero-order chi connectivity index (χ0) is 25.3. The van der Waals surface area contributed by atoms with Crippen LogP contribution < -0.4 is 16.9 Å². The van der Waals surface area contributed by atoms with Gasteiger partial charge in [0.15, 0.2) is 0 Å². The van der Waals surface area contributed by atoms with Crippen LogP contribution in [0.3, 0.4) is 0 Å². The number of carbonyl (C=O) groups is 1. The monoisotopic (exact) mass is 479 g/mol. The summed E-state index contributed by atoms with van der Waals surface area (Å²) in [7, 11) is 0. The van der Waals surface area contributed by atoms with Crippen LogP contribution in [-0.2, 0) is 4.79 Å². The van der Waals surface area contributed by atoms with Gasteiger partial charge in [-0.1, -0.05) is 0 Å². The summed E-state index contributed by atoms with van der Waals surface area (Å²) >= 11 is 0. The van der Waals surface area contributed by atoms with Crippen LogP contribution in [0.5, 0.6) is 0 Å². The zero-order valence-corrected chi connectivity index (χ0v) is 19.3. The molecule has 1 aromatic carbocycles. The highest BCUT2D eigenvalue weighted by molar-refractivity contribution is 6.05. The third-order valence-electron chi connectivity index (χ3n) is 5.86. The summed E-state index contributed by atoms with van der Waals surface area (Å²) in [6, 6.07) is 4.38. The number of hydrogen-bond acceptors (Lipinski definition) is 5. The Balaban J connectivity index is 2.06. The van der Waals surface area contributed by atoms with Crippen LogP contribution in [0.1, 0.15) is 58.1 Å². The molecule has 0 spiro atoms. The first-order valence-corrected chi connectivity index (χ1v) is 10.9. The first-order chi connectivity index (χ1) is 15.8. The topological polar surface area (TPSA) is 97.3 Å². The number of nitrogens with two attached hydrogens (primary N) is 2. The molecule has 0 saturated heterocycles. The molecule has 5 N–H and O–H groups in total. The quantitative estimate of drug-likeness (QED) is 0.242. The smallest absolute Gasteiger partial charge is 0.273 e. The van der Waals surface area contributed by atoms with Crippen LogP contribution in [0.15, 0.2) is 42.4 Å². The molecule has 0 unspecified atom stereocenters. The summed E-state index contributed by atoms with van der Waals surface area (Å²) in [5, 5.41) is 3.91. The van der Waals surface area contributed by atoms with Crippen LogP contribution in [-0.4, -0.2) is 27.4 Å². The van der Waals surface area contributed by atoms with Gasteiger partial charge in [0.05, 0.1) is 11.4 Å². The minimum Gasteiger partial charge on any atom is -0.393 e. The van der Waals surface area contributed by atoms with Gasteiger partial charge in [-0.2, -0.15) is 0 Å². The molecule has 1 fully saturated rings. The number of nitrogens with zero attached hydrogens (tertiary/aromatic N) is 2. The lowest BCUT2D eigenvalue weighted by Crippen LogP contribution is -2.43. The number of hydrazine groups is 1. The van der Waals surface area contributed by atoms with E-state index in [9.17, 15) is 22.4 Å². The minimum absolute atomic E-state index is 0.0993. The number of hydrogen-bond donors (Lipinski definition) is 3. The van der Waals surface area contributed by atoms with Crippen LogP contribution >= 0.6 is 0 Å². The van der Waals surface area contributed by atoms with Crippen molar-refractivity contribution in [2.24, 2.45) is 11.6 Å². The van der Waals surface area contributed by atoms with E-state index in [-0.39, 0.29) is 48.2 Å². The number of anilines is 1. The summed E-state index contributed by atoms with van der Waals surface area (Å²) in [5.74, 6) is 0.632. The number of amides is 1. The molecule has 0 bridgehead atoms. The number of pyridine rings is 1. The van der Waals surface area contributed by atoms with Crippen LogP contribution in [0, 0.1) is 11.6 Å². The Morgan fingerprint density at radius 2 is 1.82 bits per heavy atom. The van der Waals surface area contributed by atoms with E-state index >= 15 is 0 Å². The fourth-order valence-electron chi connectivity index (χ4n) is 3.75. The molecule has 10 heteroatoms. The molecule has 184 valence electrons. The van der Waals surface area contributed by atoms with Gasteiger partial charge in [0.1, 0.15) is 17.3 Å². The van der Waals surface area contributed by atoms with Crippen molar-refractivity contribution in [3.63, 3.8) is 0 Å². The van der Waals surface area contributed by atoms with Gasteiger partial charge in [0.25, 0.3) is 5.91 Å². The number of carbonyl (C=O) groups excluding carboxylic acids is 1. The van der Waals surface area contributed by atoms with Gasteiger partial charge in [0.2, 0.25) is 5.92 Å². The van der Waals surface area contributed by atoms with Gasteiger partial charge in [0, 0.05) is 47.8 Å². The molecule has 1 saturated carbocycles. The number of rotatable bonds is 5. The molecule has 6 nitrogen and oxygen atoms in total. The van der Waals surface area contributed by atoms with E-state index in [0.29, 0.717) is 5.69 Å². The molecule has 2 aromatic rings. The molecule has 34 heavy (non-hydrogen) atoms. The summed E-state index contributed by atoms with van der Waals surface area (Å²) in [6.07, 6.45) is 2.24. The van der Waals surface area contributed by atoms with Gasteiger partial charge in [-0.15, -0.1) is 0 Å². The van der Waals surface area contributed by atoms with Crippen molar-refractivity contribution >= 4 is 11.6 Å². The van der Waals surface area contributed by atoms with Crippen LogP contribution in [0.25, 0.3) is 11.1 Å². The molecule has 1 aromatic heterocycles. The standard InChI is InChI=1S/C24H29F4N5O/c1-23(2,3)33(30)13-19(29)22(34)32-21-16(17-12-15(25)4-5-18(17)26)8-11-31-20(21)14-6-9-24(27,28)10-7-14/h4-5,8,11-14H,6-7,9-10,29-30H2,1-3H3,(H,32,34)/b19-13-. The molecule has 1 amide bonds. The lowest BCUT2D eigenvalue weighted by Gasteiger charge is -2.30. The minimum atomic E-state index is -2.77. The molecule has 3 rings (SSSR count). The van der Waals surface area contributed by atoms with Crippen molar-refractivity contribution in [1.29, 1.82) is 0 Å². The predicted molar refractivity (Wildman–Crippen MR) is 122 cm³/mol. The van der Waals surface area contributed by atoms with E-state index in [0.717, 1.165) is 18.2 Å². The van der Waals surface area contributed by atoms with E-state index in [1.165, 1.54) is 23.5 Å². The number of halogens is 4. The fourth-order valence-corrected chi connectivity index (χ4v) is 3.75. The maximum atomic E-state index is 14.7. The molecular formula is C24H29F4N5O. The first kappa shape index (κ1) is 25.5. The summed E-state index contributed by atoms with van der Waals surface area (Å²) in [6.45, 7) is 5.45. The fraction of sp³-hybridized carbons (Fsp3) is 0.417. The van der Waals surface area contributed by atoms with E-state index in [1.54, 1.807) is 0 Å². The average Bonchev–Trinajstić information content (AvgIpc) is 2.75. The Bertz CT molecular complexity index is 1090. The molecule has 0 atom stereocenters. The van der Waals surface area contributed by atoms with Crippen LogP contribution in [0.2, 0.25) is 0 Å². The molecule has 1 heterocycles. The van der Waals surface area contributed by atoms with Gasteiger partial charge in [-0.3, -0.25) is 9.78 Å². The lowest BCUT2D eigenvalue weighted by atomic mass is 9.83. The zero-order valence-electron chi connectivity index (χ0n) is 19.3. The van der Waals surface area contributed by atoms with Gasteiger partial charge in [-0.25, -0.2) is 23.4 Å². The Morgan fingerprint density at radius 3 is 2.44 bits per heavy atom. The third-order valence-corrected chi connectivity index (χ3v) is 5.86. The second kappa shape index (κ2) is 9.61. The van der Waals surface area contributed by atoms with Crippen molar-refractivity contribution in [2.45, 2.75) is 63.8 Å². The van der Waals surface area contributed by atoms with Gasteiger partial charge >= 0.3 is 0 Å². The predicted octanol–water partition coefficient (Wildman–Crippen LogP) is 5.03. The number of aromatic nitrogens is 1.